The molecule has 7 nitrogen and oxygen atoms in total. The summed E-state index contributed by atoms with van der Waals surface area (Å²) in [5, 5.41) is 3.90. The summed E-state index contributed by atoms with van der Waals surface area (Å²) in [6.45, 7) is -0.266. The van der Waals surface area contributed by atoms with Gasteiger partial charge in [0.1, 0.15) is 0 Å². The number of hydrogen-bond acceptors (Lipinski definition) is 7. The molecule has 0 unspecified atom stereocenters. The number of halogens is 1. The van der Waals surface area contributed by atoms with Crippen molar-refractivity contribution in [2.75, 3.05) is 6.26 Å². The number of benzene rings is 2. The highest BCUT2D eigenvalue weighted by Crippen LogP contribution is 2.22. The lowest BCUT2D eigenvalue weighted by Gasteiger charge is -2.06. The van der Waals surface area contributed by atoms with Crippen molar-refractivity contribution in [3.63, 3.8) is 0 Å². The maximum atomic E-state index is 12.2. The van der Waals surface area contributed by atoms with Gasteiger partial charge in [-0.1, -0.05) is 47.1 Å². The van der Waals surface area contributed by atoms with E-state index in [1.54, 1.807) is 0 Å². The van der Waals surface area contributed by atoms with Crippen molar-refractivity contribution in [2.45, 2.75) is 11.5 Å². The Morgan fingerprint density at radius 2 is 1.92 bits per heavy atom. The molecule has 3 rings (SSSR count). The van der Waals surface area contributed by atoms with Gasteiger partial charge in [-0.2, -0.15) is 4.98 Å². The topological polar surface area (TPSA) is 99.4 Å². The third kappa shape index (κ3) is 4.09. The van der Waals surface area contributed by atoms with Crippen LogP contribution in [0, 0.1) is 0 Å². The molecule has 0 atom stereocenters. The predicted octanol–water partition coefficient (Wildman–Crippen LogP) is 3.15. The average molecular weight is 393 g/mol. The van der Waals surface area contributed by atoms with Gasteiger partial charge in [0.15, 0.2) is 16.4 Å². The van der Waals surface area contributed by atoms with Crippen molar-refractivity contribution in [1.82, 2.24) is 10.1 Å². The number of rotatable bonds is 5. The van der Waals surface area contributed by atoms with Crippen LogP contribution >= 0.6 is 11.6 Å². The number of sulfone groups is 1. The summed E-state index contributed by atoms with van der Waals surface area (Å²) < 4.78 is 33.4. The highest BCUT2D eigenvalue weighted by atomic mass is 35.5. The monoisotopic (exact) mass is 392 g/mol. The molecule has 134 valence electrons. The molecule has 26 heavy (non-hydrogen) atoms. The second-order valence-corrected chi connectivity index (χ2v) is 7.79. The molecule has 0 aliphatic heterocycles. The summed E-state index contributed by atoms with van der Waals surface area (Å²) in [6.07, 6.45) is 1.04. The summed E-state index contributed by atoms with van der Waals surface area (Å²) in [5.74, 6) is -0.318. The number of hydrogen-bond donors (Lipinski definition) is 0. The molecule has 2 aromatic carbocycles. The Balaban J connectivity index is 1.73. The zero-order valence-electron chi connectivity index (χ0n) is 13.5. The third-order valence-electron chi connectivity index (χ3n) is 3.41. The van der Waals surface area contributed by atoms with Gasteiger partial charge in [-0.15, -0.1) is 0 Å². The first-order valence-electron chi connectivity index (χ1n) is 7.39. The second kappa shape index (κ2) is 7.27. The predicted molar refractivity (Wildman–Crippen MR) is 93.4 cm³/mol. The number of ether oxygens (including phenoxy) is 1. The van der Waals surface area contributed by atoms with E-state index in [2.05, 4.69) is 10.1 Å². The fourth-order valence-electron chi connectivity index (χ4n) is 2.11. The van der Waals surface area contributed by atoms with Crippen molar-refractivity contribution in [2.24, 2.45) is 0 Å². The van der Waals surface area contributed by atoms with Crippen LogP contribution in [-0.4, -0.2) is 30.8 Å². The van der Waals surface area contributed by atoms with Gasteiger partial charge in [0.25, 0.3) is 5.89 Å². The van der Waals surface area contributed by atoms with Crippen LogP contribution in [0.2, 0.25) is 5.02 Å². The van der Waals surface area contributed by atoms with E-state index in [4.69, 9.17) is 20.9 Å². The van der Waals surface area contributed by atoms with E-state index in [1.165, 1.54) is 18.2 Å². The van der Waals surface area contributed by atoms with Gasteiger partial charge in [0.2, 0.25) is 5.82 Å². The first-order valence-corrected chi connectivity index (χ1v) is 9.66. The Morgan fingerprint density at radius 1 is 1.19 bits per heavy atom. The molecular weight excluding hydrogens is 380 g/mol. The molecule has 0 aliphatic carbocycles. The van der Waals surface area contributed by atoms with E-state index in [0.717, 1.165) is 11.8 Å². The van der Waals surface area contributed by atoms with Crippen molar-refractivity contribution in [3.8, 4) is 11.4 Å². The Hall–Kier alpha value is -2.71. The zero-order valence-corrected chi connectivity index (χ0v) is 15.1. The van der Waals surface area contributed by atoms with Gasteiger partial charge >= 0.3 is 5.97 Å². The van der Waals surface area contributed by atoms with Crippen LogP contribution < -0.4 is 0 Å². The van der Waals surface area contributed by atoms with E-state index in [-0.39, 0.29) is 28.0 Å². The fourth-order valence-corrected chi connectivity index (χ4v) is 2.96. The molecule has 0 amide bonds. The van der Waals surface area contributed by atoms with Crippen molar-refractivity contribution < 1.29 is 22.5 Å². The Labute approximate surface area is 154 Å². The van der Waals surface area contributed by atoms with Gasteiger partial charge in [0, 0.05) is 11.8 Å². The first kappa shape index (κ1) is 18.1. The Kier molecular flexibility index (Phi) is 5.06. The molecule has 0 saturated heterocycles. The van der Waals surface area contributed by atoms with Gasteiger partial charge in [-0.25, -0.2) is 13.2 Å². The summed E-state index contributed by atoms with van der Waals surface area (Å²) >= 11 is 5.96. The lowest BCUT2D eigenvalue weighted by molar-refractivity contribution is 0.0429. The van der Waals surface area contributed by atoms with E-state index in [1.807, 2.05) is 30.3 Å². The summed E-state index contributed by atoms with van der Waals surface area (Å²) in [4.78, 5) is 16.3. The number of carbonyl (C=O) groups is 1. The molecule has 0 spiro atoms. The third-order valence-corrected chi connectivity index (χ3v) is 4.85. The zero-order chi connectivity index (χ0) is 18.7. The van der Waals surface area contributed by atoms with Crippen molar-refractivity contribution in [1.29, 1.82) is 0 Å². The molecule has 0 aliphatic rings. The normalized spacial score (nSPS) is 11.3. The van der Waals surface area contributed by atoms with E-state index in [9.17, 15) is 13.2 Å². The lowest BCUT2D eigenvalue weighted by atomic mass is 10.2. The van der Waals surface area contributed by atoms with Gasteiger partial charge in [0.05, 0.1) is 15.5 Å². The molecule has 0 fully saturated rings. The quantitative estimate of drug-likeness (QED) is 0.615. The van der Waals surface area contributed by atoms with Crippen LogP contribution in [-0.2, 0) is 21.2 Å². The minimum atomic E-state index is -3.48. The SMILES string of the molecule is CS(=O)(=O)c1ccc(Cl)c(C(=O)OCc2nc(-c3ccccc3)no2)c1. The van der Waals surface area contributed by atoms with E-state index in [0.29, 0.717) is 5.82 Å². The molecule has 1 heterocycles. The van der Waals surface area contributed by atoms with Crippen molar-refractivity contribution in [3.05, 3.63) is 65.0 Å². The maximum Gasteiger partial charge on any atom is 0.340 e. The minimum Gasteiger partial charge on any atom is -0.452 e. The maximum absolute atomic E-state index is 12.2. The van der Waals surface area contributed by atoms with Crippen LogP contribution in [0.1, 0.15) is 16.2 Å². The van der Waals surface area contributed by atoms with Gasteiger partial charge in [-0.3, -0.25) is 0 Å². The number of carbonyl (C=O) groups excluding carboxylic acids is 1. The van der Waals surface area contributed by atoms with Gasteiger partial charge < -0.3 is 9.26 Å². The number of nitrogens with zero attached hydrogens (tertiary/aromatic N) is 2. The second-order valence-electron chi connectivity index (χ2n) is 5.37. The summed E-state index contributed by atoms with van der Waals surface area (Å²) in [7, 11) is -3.48. The molecule has 0 bridgehead atoms. The summed E-state index contributed by atoms with van der Waals surface area (Å²) in [6, 6.07) is 13.0. The molecule has 1 aromatic heterocycles. The number of aromatic nitrogens is 2. The van der Waals surface area contributed by atoms with Crippen molar-refractivity contribution >= 4 is 27.4 Å². The Morgan fingerprint density at radius 3 is 2.62 bits per heavy atom. The molecule has 0 radical (unpaired) electrons. The van der Waals surface area contributed by atoms with Crippen LogP contribution in [0.25, 0.3) is 11.4 Å². The summed E-state index contributed by atoms with van der Waals surface area (Å²) in [5.41, 5.74) is 0.704. The highest BCUT2D eigenvalue weighted by molar-refractivity contribution is 7.90. The number of esters is 1. The molecule has 9 heteroatoms. The molecule has 3 aromatic rings. The minimum absolute atomic E-state index is 0.0296. The van der Waals surface area contributed by atoms with E-state index < -0.39 is 15.8 Å². The van der Waals surface area contributed by atoms with Crippen LogP contribution in [0.15, 0.2) is 57.9 Å². The molecule has 0 N–H and O–H groups in total. The lowest BCUT2D eigenvalue weighted by Crippen LogP contribution is -2.08. The van der Waals surface area contributed by atoms with Crippen LogP contribution in [0.5, 0.6) is 0 Å². The largest absolute Gasteiger partial charge is 0.452 e. The fraction of sp³-hybridized carbons (Fsp3) is 0.118. The Bertz CT molecular complexity index is 1050. The molecule has 0 saturated carbocycles. The standard InChI is InChI=1S/C17H13ClN2O5S/c1-26(22,23)12-7-8-14(18)13(9-12)17(21)24-10-15-19-16(20-25-15)11-5-3-2-4-6-11/h2-9H,10H2,1H3. The van der Waals surface area contributed by atoms with Crippen LogP contribution in [0.3, 0.4) is 0 Å². The first-order chi connectivity index (χ1) is 12.3. The molecular formula is C17H13ClN2O5S. The van der Waals surface area contributed by atoms with Crippen LogP contribution in [0.4, 0.5) is 0 Å². The smallest absolute Gasteiger partial charge is 0.340 e. The van der Waals surface area contributed by atoms with E-state index >= 15 is 0 Å². The van der Waals surface area contributed by atoms with Gasteiger partial charge in [-0.05, 0) is 18.2 Å². The highest BCUT2D eigenvalue weighted by Gasteiger charge is 2.18. The average Bonchev–Trinajstić information content (AvgIpc) is 3.09.